The van der Waals surface area contributed by atoms with Gasteiger partial charge in [0.1, 0.15) is 23.4 Å². The van der Waals surface area contributed by atoms with Gasteiger partial charge in [-0.3, -0.25) is 14.9 Å². The number of carbonyl (C=O) groups excluding carboxylic acids is 2. The molecule has 0 saturated carbocycles. The third-order valence-corrected chi connectivity index (χ3v) is 5.88. The molecule has 8 nitrogen and oxygen atoms in total. The summed E-state index contributed by atoms with van der Waals surface area (Å²) in [6.45, 7) is 2.31. The lowest BCUT2D eigenvalue weighted by Crippen LogP contribution is -2.24. The molecule has 0 aromatic carbocycles. The number of amidine groups is 1. The molecule has 0 saturated heterocycles. The number of nitrogens with zero attached hydrogens (tertiary/aromatic N) is 4. The lowest BCUT2D eigenvalue weighted by atomic mass is 10.1. The van der Waals surface area contributed by atoms with E-state index in [2.05, 4.69) is 25.5 Å². The predicted molar refractivity (Wildman–Crippen MR) is 101 cm³/mol. The van der Waals surface area contributed by atoms with Gasteiger partial charge in [0.25, 0.3) is 5.91 Å². The number of nitrogens with one attached hydrogen (secondary N) is 1. The fraction of sp³-hybridized carbons (Fsp3) is 0.429. The van der Waals surface area contributed by atoms with Crippen LogP contribution in [0.15, 0.2) is 21.0 Å². The van der Waals surface area contributed by atoms with Gasteiger partial charge in [-0.1, -0.05) is 29.2 Å². The van der Waals surface area contributed by atoms with Crippen LogP contribution in [0.25, 0.3) is 0 Å². The molecule has 2 aliphatic rings. The number of thioether (sulfide) groups is 2. The highest BCUT2D eigenvalue weighted by molar-refractivity contribution is 8.17. The maximum Gasteiger partial charge on any atom is 0.261 e. The highest BCUT2D eigenvalue weighted by Gasteiger charge is 2.32. The summed E-state index contributed by atoms with van der Waals surface area (Å²) >= 11 is 4.12. The molecule has 0 spiro atoms. The summed E-state index contributed by atoms with van der Waals surface area (Å²) in [7, 11) is 1.57. The number of amides is 2. The van der Waals surface area contributed by atoms with Gasteiger partial charge in [0.05, 0.1) is 16.5 Å². The topological polar surface area (TPSA) is 106 Å². The Morgan fingerprint density at radius 2 is 2.24 bits per heavy atom. The van der Waals surface area contributed by atoms with Crippen molar-refractivity contribution >= 4 is 62.7 Å². The Bertz CT molecular complexity index is 786. The molecular formula is C14H15N5O3S3. The maximum atomic E-state index is 12.0. The lowest BCUT2D eigenvalue weighted by Gasteiger charge is -2.12. The Hall–Kier alpha value is -1.56. The third kappa shape index (κ3) is 4.75. The highest BCUT2D eigenvalue weighted by Crippen LogP contribution is 2.34. The molecule has 3 rings (SSSR count). The van der Waals surface area contributed by atoms with Crippen LogP contribution in [0.2, 0.25) is 0 Å². The van der Waals surface area contributed by atoms with Crippen molar-refractivity contribution in [3.05, 3.63) is 16.0 Å². The Morgan fingerprint density at radius 3 is 3.04 bits per heavy atom. The van der Waals surface area contributed by atoms with Crippen molar-refractivity contribution in [1.82, 2.24) is 10.2 Å². The average Bonchev–Trinajstić information content (AvgIpc) is 3.14. The van der Waals surface area contributed by atoms with Gasteiger partial charge >= 0.3 is 0 Å². The van der Waals surface area contributed by atoms with Gasteiger partial charge in [-0.2, -0.15) is 4.99 Å². The number of fused-ring (bicyclic) bond motifs is 1. The van der Waals surface area contributed by atoms with E-state index in [1.54, 1.807) is 7.11 Å². The average molecular weight is 398 g/mol. The quantitative estimate of drug-likeness (QED) is 0.749. The van der Waals surface area contributed by atoms with Crippen molar-refractivity contribution in [2.45, 2.75) is 13.5 Å². The van der Waals surface area contributed by atoms with Crippen LogP contribution < -0.4 is 5.32 Å². The van der Waals surface area contributed by atoms with E-state index in [4.69, 9.17) is 4.74 Å². The van der Waals surface area contributed by atoms with Crippen LogP contribution in [-0.4, -0.2) is 51.5 Å². The van der Waals surface area contributed by atoms with Gasteiger partial charge in [0, 0.05) is 7.11 Å². The van der Waals surface area contributed by atoms with Crippen molar-refractivity contribution in [3.63, 3.8) is 0 Å². The minimum Gasteiger partial charge on any atom is -0.377 e. The minimum atomic E-state index is -0.319. The molecule has 1 atom stereocenters. The van der Waals surface area contributed by atoms with Crippen LogP contribution in [0.4, 0.5) is 5.13 Å². The van der Waals surface area contributed by atoms with Crippen LogP contribution in [-0.2, 0) is 20.9 Å². The summed E-state index contributed by atoms with van der Waals surface area (Å²) in [5, 5.41) is 12.4. The van der Waals surface area contributed by atoms with E-state index in [0.29, 0.717) is 28.3 Å². The molecule has 0 bridgehead atoms. The maximum absolute atomic E-state index is 12.0. The molecule has 0 aliphatic carbocycles. The van der Waals surface area contributed by atoms with Crippen LogP contribution >= 0.6 is 34.9 Å². The monoisotopic (exact) mass is 397 g/mol. The summed E-state index contributed by atoms with van der Waals surface area (Å²) in [6.07, 6.45) is 1.88. The molecule has 1 aromatic heterocycles. The van der Waals surface area contributed by atoms with Crippen LogP contribution in [0, 0.1) is 5.92 Å². The third-order valence-electron chi connectivity index (χ3n) is 3.12. The fourth-order valence-corrected chi connectivity index (χ4v) is 4.51. The zero-order valence-electron chi connectivity index (χ0n) is 13.5. The summed E-state index contributed by atoms with van der Waals surface area (Å²) < 4.78 is 4.96. The molecule has 1 N–H and O–H groups in total. The molecule has 11 heteroatoms. The Kier molecular flexibility index (Phi) is 5.99. The first-order valence-electron chi connectivity index (χ1n) is 7.30. The summed E-state index contributed by atoms with van der Waals surface area (Å²) in [4.78, 5) is 33.4. The standard InChI is InChI=1S/C14H15N5O3S3/c1-7-3-8-12(21)15-9(16-13(8)24-7)5-23-6-10(20)17-14-19-18-11(25-14)4-22-2/h3,8H,4-6H2,1-2H3,(H,17,19,20). The second kappa shape index (κ2) is 8.21. The largest absolute Gasteiger partial charge is 0.377 e. The number of carbonyl (C=O) groups is 2. The van der Waals surface area contributed by atoms with E-state index >= 15 is 0 Å². The molecule has 132 valence electrons. The smallest absolute Gasteiger partial charge is 0.261 e. The number of hydrogen-bond donors (Lipinski definition) is 1. The van der Waals surface area contributed by atoms with E-state index < -0.39 is 0 Å². The number of hydrogen-bond acceptors (Lipinski definition) is 9. The minimum absolute atomic E-state index is 0.186. The van der Waals surface area contributed by atoms with Crippen molar-refractivity contribution in [2.24, 2.45) is 15.9 Å². The molecule has 1 unspecified atom stereocenters. The van der Waals surface area contributed by atoms with Gasteiger partial charge in [-0.15, -0.1) is 22.0 Å². The number of allylic oxidation sites excluding steroid dienone is 1. The first kappa shape index (κ1) is 18.2. The summed E-state index contributed by atoms with van der Waals surface area (Å²) in [6, 6.07) is 0. The zero-order chi connectivity index (χ0) is 17.8. The first-order chi connectivity index (χ1) is 12.0. The van der Waals surface area contributed by atoms with E-state index in [-0.39, 0.29) is 23.5 Å². The van der Waals surface area contributed by atoms with Gasteiger partial charge in [-0.25, -0.2) is 4.99 Å². The molecule has 0 radical (unpaired) electrons. The second-order valence-electron chi connectivity index (χ2n) is 5.15. The normalized spacial score (nSPS) is 19.2. The summed E-state index contributed by atoms with van der Waals surface area (Å²) in [5.41, 5.74) is 0. The van der Waals surface area contributed by atoms with Crippen molar-refractivity contribution in [3.8, 4) is 0 Å². The zero-order valence-corrected chi connectivity index (χ0v) is 16.0. The van der Waals surface area contributed by atoms with E-state index in [1.165, 1.54) is 34.9 Å². The number of ether oxygens (including phenoxy) is 1. The van der Waals surface area contributed by atoms with Crippen LogP contribution in [0.1, 0.15) is 11.9 Å². The number of methoxy groups -OCH3 is 1. The number of anilines is 1. The Balaban J connectivity index is 1.46. The molecule has 25 heavy (non-hydrogen) atoms. The lowest BCUT2D eigenvalue weighted by molar-refractivity contribution is -0.118. The van der Waals surface area contributed by atoms with E-state index in [9.17, 15) is 9.59 Å². The molecule has 2 amide bonds. The number of rotatable bonds is 7. The molecule has 1 aromatic rings. The van der Waals surface area contributed by atoms with E-state index in [0.717, 1.165) is 9.95 Å². The fourth-order valence-electron chi connectivity index (χ4n) is 2.13. The van der Waals surface area contributed by atoms with Gasteiger partial charge in [0.15, 0.2) is 0 Å². The highest BCUT2D eigenvalue weighted by atomic mass is 32.2. The second-order valence-corrected chi connectivity index (χ2v) is 8.46. The van der Waals surface area contributed by atoms with Gasteiger partial charge < -0.3 is 4.74 Å². The molecule has 0 fully saturated rings. The summed E-state index contributed by atoms with van der Waals surface area (Å²) in [5.74, 6) is 0.384. The Morgan fingerprint density at radius 1 is 1.40 bits per heavy atom. The van der Waals surface area contributed by atoms with E-state index in [1.807, 2.05) is 13.0 Å². The van der Waals surface area contributed by atoms with Gasteiger partial charge in [0.2, 0.25) is 11.0 Å². The van der Waals surface area contributed by atoms with Crippen molar-refractivity contribution in [1.29, 1.82) is 0 Å². The van der Waals surface area contributed by atoms with Crippen molar-refractivity contribution in [2.75, 3.05) is 23.9 Å². The Labute approximate surface area is 156 Å². The number of aromatic nitrogens is 2. The number of aliphatic imine (C=N–C) groups is 2. The molecule has 2 aliphatic heterocycles. The molecular weight excluding hydrogens is 382 g/mol. The van der Waals surface area contributed by atoms with Crippen LogP contribution in [0.5, 0.6) is 0 Å². The van der Waals surface area contributed by atoms with Gasteiger partial charge in [-0.05, 0) is 11.8 Å². The molecule has 3 heterocycles. The SMILES string of the molecule is COCc1nnc(NC(=O)CSCC2=NC(=O)C3C=C(C)SC3=N2)s1. The first-order valence-corrected chi connectivity index (χ1v) is 10.1. The predicted octanol–water partition coefficient (Wildman–Crippen LogP) is 1.96. The van der Waals surface area contributed by atoms with Crippen LogP contribution in [0.3, 0.4) is 0 Å². The van der Waals surface area contributed by atoms with Crippen molar-refractivity contribution < 1.29 is 14.3 Å².